The summed E-state index contributed by atoms with van der Waals surface area (Å²) in [6.07, 6.45) is 2.61. The van der Waals surface area contributed by atoms with Crippen LogP contribution in [0.2, 0.25) is 0 Å². The van der Waals surface area contributed by atoms with Crippen molar-refractivity contribution in [2.45, 2.75) is 33.2 Å². The number of benzene rings is 1. The monoisotopic (exact) mass is 335 g/mol. The van der Waals surface area contributed by atoms with Crippen molar-refractivity contribution in [2.24, 2.45) is 0 Å². The van der Waals surface area contributed by atoms with Crippen LogP contribution < -0.4 is 10.6 Å². The summed E-state index contributed by atoms with van der Waals surface area (Å²) in [6.45, 7) is 5.83. The molecule has 6 heteroatoms. The molecule has 25 heavy (non-hydrogen) atoms. The maximum Gasteiger partial charge on any atom is 0.270 e. The molecule has 0 aliphatic rings. The Labute approximate surface area is 146 Å². The molecule has 2 heterocycles. The third-order valence-electron chi connectivity index (χ3n) is 3.96. The van der Waals surface area contributed by atoms with E-state index in [1.165, 1.54) is 0 Å². The second kappa shape index (κ2) is 7.25. The maximum absolute atomic E-state index is 12.3. The smallest absolute Gasteiger partial charge is 0.270 e. The number of pyridine rings is 1. The Morgan fingerprint density at radius 1 is 1.20 bits per heavy atom. The van der Waals surface area contributed by atoms with E-state index >= 15 is 0 Å². The summed E-state index contributed by atoms with van der Waals surface area (Å²) in [4.78, 5) is 25.5. The zero-order valence-electron chi connectivity index (χ0n) is 14.6. The molecule has 0 saturated heterocycles. The summed E-state index contributed by atoms with van der Waals surface area (Å²) in [7, 11) is 0. The van der Waals surface area contributed by atoms with Crippen molar-refractivity contribution >= 4 is 28.4 Å². The number of anilines is 2. The first-order valence-corrected chi connectivity index (χ1v) is 8.34. The van der Waals surface area contributed by atoms with Gasteiger partial charge >= 0.3 is 0 Å². The Kier molecular flexibility index (Phi) is 4.88. The van der Waals surface area contributed by atoms with Crippen molar-refractivity contribution in [1.82, 2.24) is 20.3 Å². The summed E-state index contributed by atoms with van der Waals surface area (Å²) in [5, 5.41) is 7.13. The minimum atomic E-state index is -0.195. The highest BCUT2D eigenvalue weighted by Crippen LogP contribution is 2.23. The maximum atomic E-state index is 12.3. The lowest BCUT2D eigenvalue weighted by atomic mass is 10.2. The van der Waals surface area contributed by atoms with Crippen molar-refractivity contribution in [3.63, 3.8) is 0 Å². The SMILES string of the molecule is CCC(C)NC(=O)c1cc(C)nc(Nc2cccc3cccnc23)n1. The number of amides is 1. The van der Waals surface area contributed by atoms with E-state index in [4.69, 9.17) is 0 Å². The molecule has 128 valence electrons. The fourth-order valence-corrected chi connectivity index (χ4v) is 2.47. The minimum absolute atomic E-state index is 0.0986. The Morgan fingerprint density at radius 3 is 2.80 bits per heavy atom. The van der Waals surface area contributed by atoms with Gasteiger partial charge in [0, 0.05) is 23.3 Å². The highest BCUT2D eigenvalue weighted by atomic mass is 16.1. The van der Waals surface area contributed by atoms with Gasteiger partial charge in [-0.05, 0) is 38.5 Å². The number of aryl methyl sites for hydroxylation is 1. The van der Waals surface area contributed by atoms with Crippen LogP contribution in [0.5, 0.6) is 0 Å². The summed E-state index contributed by atoms with van der Waals surface area (Å²) in [6, 6.07) is 11.5. The molecule has 3 aromatic rings. The molecule has 2 N–H and O–H groups in total. The number of nitrogens with zero attached hydrogens (tertiary/aromatic N) is 3. The summed E-state index contributed by atoms with van der Waals surface area (Å²) >= 11 is 0. The number of hydrogen-bond acceptors (Lipinski definition) is 5. The molecule has 0 radical (unpaired) electrons. The van der Waals surface area contributed by atoms with Crippen molar-refractivity contribution < 1.29 is 4.79 Å². The highest BCUT2D eigenvalue weighted by Gasteiger charge is 2.13. The molecule has 2 aromatic heterocycles. The number of rotatable bonds is 5. The fraction of sp³-hybridized carbons (Fsp3) is 0.263. The molecular weight excluding hydrogens is 314 g/mol. The molecule has 1 aromatic carbocycles. The van der Waals surface area contributed by atoms with Crippen LogP contribution in [0.15, 0.2) is 42.6 Å². The van der Waals surface area contributed by atoms with Gasteiger partial charge in [-0.1, -0.05) is 25.1 Å². The van der Waals surface area contributed by atoms with Gasteiger partial charge in [-0.2, -0.15) is 0 Å². The van der Waals surface area contributed by atoms with Gasteiger partial charge in [0.05, 0.1) is 11.2 Å². The molecule has 6 nitrogen and oxygen atoms in total. The molecule has 0 bridgehead atoms. The fourth-order valence-electron chi connectivity index (χ4n) is 2.47. The molecule has 0 saturated carbocycles. The van der Waals surface area contributed by atoms with E-state index in [1.807, 2.05) is 51.1 Å². The molecule has 1 atom stereocenters. The van der Waals surface area contributed by atoms with Crippen molar-refractivity contribution in [3.8, 4) is 0 Å². The first-order chi connectivity index (χ1) is 12.1. The second-order valence-corrected chi connectivity index (χ2v) is 6.01. The van der Waals surface area contributed by atoms with E-state index in [0.29, 0.717) is 11.6 Å². The van der Waals surface area contributed by atoms with E-state index in [1.54, 1.807) is 12.3 Å². The molecule has 1 amide bonds. The van der Waals surface area contributed by atoms with E-state index in [0.717, 1.165) is 28.7 Å². The van der Waals surface area contributed by atoms with Gasteiger partial charge in [0.2, 0.25) is 5.95 Å². The lowest BCUT2D eigenvalue weighted by molar-refractivity contribution is 0.0934. The number of carbonyl (C=O) groups is 1. The average molecular weight is 335 g/mol. The third kappa shape index (κ3) is 3.91. The topological polar surface area (TPSA) is 79.8 Å². The number of carbonyl (C=O) groups excluding carboxylic acids is 1. The Morgan fingerprint density at radius 2 is 2.00 bits per heavy atom. The summed E-state index contributed by atoms with van der Waals surface area (Å²) in [5.41, 5.74) is 2.71. The summed E-state index contributed by atoms with van der Waals surface area (Å²) in [5.74, 6) is 0.186. The van der Waals surface area contributed by atoms with Crippen LogP contribution in [0, 0.1) is 6.92 Å². The van der Waals surface area contributed by atoms with Crippen LogP contribution in [0.1, 0.15) is 36.5 Å². The van der Waals surface area contributed by atoms with E-state index < -0.39 is 0 Å². The second-order valence-electron chi connectivity index (χ2n) is 6.01. The number of aromatic nitrogens is 3. The number of hydrogen-bond donors (Lipinski definition) is 2. The van der Waals surface area contributed by atoms with Gasteiger partial charge in [-0.15, -0.1) is 0 Å². The predicted molar refractivity (Wildman–Crippen MR) is 99.0 cm³/mol. The van der Waals surface area contributed by atoms with E-state index in [-0.39, 0.29) is 11.9 Å². The van der Waals surface area contributed by atoms with Crippen LogP contribution in [0.3, 0.4) is 0 Å². The van der Waals surface area contributed by atoms with Crippen molar-refractivity contribution in [1.29, 1.82) is 0 Å². The van der Waals surface area contributed by atoms with Gasteiger partial charge < -0.3 is 10.6 Å². The molecule has 1 unspecified atom stereocenters. The standard InChI is InChI=1S/C19H21N5O/c1-4-12(2)21-18(25)16-11-13(3)22-19(24-16)23-15-9-5-7-14-8-6-10-20-17(14)15/h5-12H,4H2,1-3H3,(H,21,25)(H,22,23,24). The van der Waals surface area contributed by atoms with Gasteiger partial charge in [0.15, 0.2) is 0 Å². The average Bonchev–Trinajstić information content (AvgIpc) is 2.61. The van der Waals surface area contributed by atoms with Crippen molar-refractivity contribution in [2.75, 3.05) is 5.32 Å². The highest BCUT2D eigenvalue weighted by molar-refractivity contribution is 5.94. The summed E-state index contributed by atoms with van der Waals surface area (Å²) < 4.78 is 0. The normalized spacial score (nSPS) is 12.0. The zero-order valence-corrected chi connectivity index (χ0v) is 14.6. The largest absolute Gasteiger partial charge is 0.348 e. The number of para-hydroxylation sites is 1. The number of nitrogens with one attached hydrogen (secondary N) is 2. The molecule has 0 aliphatic heterocycles. The van der Waals surface area contributed by atoms with Crippen LogP contribution in [0.4, 0.5) is 11.6 Å². The van der Waals surface area contributed by atoms with Gasteiger partial charge in [-0.25, -0.2) is 9.97 Å². The molecule has 0 spiro atoms. The minimum Gasteiger partial charge on any atom is -0.348 e. The van der Waals surface area contributed by atoms with Crippen LogP contribution in [0.25, 0.3) is 10.9 Å². The van der Waals surface area contributed by atoms with Crippen LogP contribution in [-0.2, 0) is 0 Å². The van der Waals surface area contributed by atoms with E-state index in [9.17, 15) is 4.79 Å². The lowest BCUT2D eigenvalue weighted by Crippen LogP contribution is -2.32. The van der Waals surface area contributed by atoms with Gasteiger partial charge in [0.25, 0.3) is 5.91 Å². The molecule has 0 fully saturated rings. The van der Waals surface area contributed by atoms with Gasteiger partial charge in [-0.3, -0.25) is 9.78 Å². The molecule has 0 aliphatic carbocycles. The van der Waals surface area contributed by atoms with Crippen LogP contribution in [-0.4, -0.2) is 26.9 Å². The first kappa shape index (κ1) is 16.8. The quantitative estimate of drug-likeness (QED) is 0.744. The first-order valence-electron chi connectivity index (χ1n) is 8.34. The Bertz CT molecular complexity index is 904. The predicted octanol–water partition coefficient (Wildman–Crippen LogP) is 3.61. The Hall–Kier alpha value is -3.02. The zero-order chi connectivity index (χ0) is 17.8. The third-order valence-corrected chi connectivity index (χ3v) is 3.96. The lowest BCUT2D eigenvalue weighted by Gasteiger charge is -2.13. The molecular formula is C19H21N5O. The van der Waals surface area contributed by atoms with Gasteiger partial charge in [0.1, 0.15) is 5.69 Å². The van der Waals surface area contributed by atoms with E-state index in [2.05, 4.69) is 25.6 Å². The molecule has 3 rings (SSSR count). The number of fused-ring (bicyclic) bond motifs is 1. The Balaban J connectivity index is 1.91. The van der Waals surface area contributed by atoms with Crippen LogP contribution >= 0.6 is 0 Å². The van der Waals surface area contributed by atoms with Crippen molar-refractivity contribution in [3.05, 3.63) is 54.0 Å².